The number of halogens is 1. The Labute approximate surface area is 158 Å². The van der Waals surface area contributed by atoms with Crippen molar-refractivity contribution < 1.29 is 0 Å². The Kier molecular flexibility index (Phi) is 10.1. The average molecular weight is 430 g/mol. The van der Waals surface area contributed by atoms with E-state index in [1.54, 1.807) is 0 Å². The fourth-order valence-corrected chi connectivity index (χ4v) is 2.90. The molecule has 1 aliphatic heterocycles. The van der Waals surface area contributed by atoms with Crippen LogP contribution in [0.3, 0.4) is 0 Å². The molecule has 1 fully saturated rings. The fourth-order valence-electron chi connectivity index (χ4n) is 2.90. The normalized spacial score (nSPS) is 17.7. The second kappa shape index (κ2) is 11.5. The van der Waals surface area contributed by atoms with E-state index in [1.807, 2.05) is 7.05 Å². The third-order valence-corrected chi connectivity index (χ3v) is 4.20. The Bertz CT molecular complexity index is 450. The number of benzene rings is 1. The van der Waals surface area contributed by atoms with Gasteiger partial charge >= 0.3 is 0 Å². The van der Waals surface area contributed by atoms with Crippen LogP contribution in [0.5, 0.6) is 0 Å². The van der Waals surface area contributed by atoms with Crippen molar-refractivity contribution in [2.75, 3.05) is 31.6 Å². The van der Waals surface area contributed by atoms with Crippen LogP contribution in [0.25, 0.3) is 0 Å². The van der Waals surface area contributed by atoms with Crippen LogP contribution < -0.4 is 15.5 Å². The minimum absolute atomic E-state index is 0. The Morgan fingerprint density at radius 3 is 2.70 bits per heavy atom. The number of rotatable bonds is 7. The number of nitrogens with zero attached hydrogens (tertiary/aromatic N) is 2. The molecule has 1 aliphatic rings. The maximum absolute atomic E-state index is 4.34. The molecular formula is C18H31IN4. The second-order valence-corrected chi connectivity index (χ2v) is 5.97. The standard InChI is InChI=1S/C18H30N4.HI/c1-3-4-5-9-13-20-18(19-2)21-16-12-14-22(15-16)17-10-7-6-8-11-17;/h6-8,10-11,16H,3-5,9,12-15H2,1-2H3,(H2,19,20,21);1H. The van der Waals surface area contributed by atoms with Crippen LogP contribution in [-0.4, -0.2) is 38.7 Å². The number of unbranched alkanes of at least 4 members (excludes halogenated alkanes) is 3. The van der Waals surface area contributed by atoms with Crippen LogP contribution in [0.1, 0.15) is 39.0 Å². The highest BCUT2D eigenvalue weighted by molar-refractivity contribution is 14.0. The predicted octanol–water partition coefficient (Wildman–Crippen LogP) is 3.63. The first-order valence-corrected chi connectivity index (χ1v) is 8.60. The summed E-state index contributed by atoms with van der Waals surface area (Å²) in [7, 11) is 1.85. The molecule has 0 bridgehead atoms. The van der Waals surface area contributed by atoms with Crippen molar-refractivity contribution in [2.45, 2.75) is 45.1 Å². The van der Waals surface area contributed by atoms with E-state index in [4.69, 9.17) is 0 Å². The summed E-state index contributed by atoms with van der Waals surface area (Å²) in [6.45, 7) is 5.40. The van der Waals surface area contributed by atoms with Crippen LogP contribution in [0.4, 0.5) is 5.69 Å². The van der Waals surface area contributed by atoms with Gasteiger partial charge in [0.05, 0.1) is 0 Å². The summed E-state index contributed by atoms with van der Waals surface area (Å²) in [6, 6.07) is 11.1. The molecule has 1 aromatic rings. The second-order valence-electron chi connectivity index (χ2n) is 5.97. The Morgan fingerprint density at radius 2 is 2.00 bits per heavy atom. The van der Waals surface area contributed by atoms with Crippen LogP contribution in [-0.2, 0) is 0 Å². The van der Waals surface area contributed by atoms with Gasteiger partial charge in [0.2, 0.25) is 0 Å². The number of para-hydroxylation sites is 1. The highest BCUT2D eigenvalue weighted by atomic mass is 127. The van der Waals surface area contributed by atoms with Crippen molar-refractivity contribution in [2.24, 2.45) is 4.99 Å². The van der Waals surface area contributed by atoms with Gasteiger partial charge in [-0.05, 0) is 25.0 Å². The Balaban J connectivity index is 0.00000264. The van der Waals surface area contributed by atoms with Gasteiger partial charge in [-0.2, -0.15) is 0 Å². The van der Waals surface area contributed by atoms with Crippen molar-refractivity contribution in [3.8, 4) is 0 Å². The molecule has 0 aliphatic carbocycles. The maximum Gasteiger partial charge on any atom is 0.191 e. The zero-order valence-corrected chi connectivity index (χ0v) is 16.8. The largest absolute Gasteiger partial charge is 0.369 e. The van der Waals surface area contributed by atoms with E-state index in [1.165, 1.54) is 31.4 Å². The molecule has 1 aromatic carbocycles. The van der Waals surface area contributed by atoms with Crippen LogP contribution >= 0.6 is 24.0 Å². The summed E-state index contributed by atoms with van der Waals surface area (Å²) in [5, 5.41) is 6.98. The minimum atomic E-state index is 0. The van der Waals surface area contributed by atoms with Crippen LogP contribution in [0.15, 0.2) is 35.3 Å². The van der Waals surface area contributed by atoms with Gasteiger partial charge in [0.1, 0.15) is 0 Å². The number of hydrogen-bond donors (Lipinski definition) is 2. The average Bonchev–Trinajstić information content (AvgIpc) is 3.03. The first-order valence-electron chi connectivity index (χ1n) is 8.60. The molecule has 0 radical (unpaired) electrons. The van der Waals surface area contributed by atoms with E-state index >= 15 is 0 Å². The van der Waals surface area contributed by atoms with Gasteiger partial charge in [-0.25, -0.2) is 0 Å². The van der Waals surface area contributed by atoms with E-state index in [2.05, 4.69) is 57.8 Å². The van der Waals surface area contributed by atoms with Crippen LogP contribution in [0, 0.1) is 0 Å². The molecule has 0 saturated carbocycles. The van der Waals surface area contributed by atoms with Gasteiger partial charge in [-0.1, -0.05) is 44.4 Å². The molecule has 1 unspecified atom stereocenters. The lowest BCUT2D eigenvalue weighted by molar-refractivity contribution is 0.622. The lowest BCUT2D eigenvalue weighted by atomic mass is 10.2. The number of anilines is 1. The quantitative estimate of drug-likeness (QED) is 0.301. The van der Waals surface area contributed by atoms with Crippen molar-refractivity contribution in [3.05, 3.63) is 30.3 Å². The molecule has 0 aromatic heterocycles. The molecule has 130 valence electrons. The highest BCUT2D eigenvalue weighted by Gasteiger charge is 2.23. The van der Waals surface area contributed by atoms with E-state index in [-0.39, 0.29) is 24.0 Å². The Hall–Kier alpha value is -0.980. The molecule has 2 N–H and O–H groups in total. The summed E-state index contributed by atoms with van der Waals surface area (Å²) in [6.07, 6.45) is 6.28. The lowest BCUT2D eigenvalue weighted by Crippen LogP contribution is -2.44. The van der Waals surface area contributed by atoms with E-state index in [9.17, 15) is 0 Å². The Morgan fingerprint density at radius 1 is 1.22 bits per heavy atom. The van der Waals surface area contributed by atoms with Gasteiger partial charge < -0.3 is 15.5 Å². The van der Waals surface area contributed by atoms with Gasteiger partial charge in [-0.15, -0.1) is 24.0 Å². The molecular weight excluding hydrogens is 399 g/mol. The molecule has 2 rings (SSSR count). The molecule has 0 spiro atoms. The maximum atomic E-state index is 4.34. The third kappa shape index (κ3) is 6.97. The van der Waals surface area contributed by atoms with Crippen molar-refractivity contribution in [3.63, 3.8) is 0 Å². The van der Waals surface area contributed by atoms with Gasteiger partial charge in [0.25, 0.3) is 0 Å². The topological polar surface area (TPSA) is 39.7 Å². The minimum Gasteiger partial charge on any atom is -0.369 e. The zero-order chi connectivity index (χ0) is 15.6. The smallest absolute Gasteiger partial charge is 0.191 e. The van der Waals surface area contributed by atoms with Crippen molar-refractivity contribution >= 4 is 35.6 Å². The summed E-state index contributed by atoms with van der Waals surface area (Å²) < 4.78 is 0. The third-order valence-electron chi connectivity index (χ3n) is 4.20. The van der Waals surface area contributed by atoms with E-state index < -0.39 is 0 Å². The van der Waals surface area contributed by atoms with Gasteiger partial charge in [0, 0.05) is 38.4 Å². The molecule has 1 heterocycles. The van der Waals surface area contributed by atoms with E-state index in [0.717, 1.165) is 32.0 Å². The number of nitrogens with one attached hydrogen (secondary N) is 2. The lowest BCUT2D eigenvalue weighted by Gasteiger charge is -2.20. The molecule has 1 atom stereocenters. The first kappa shape index (κ1) is 20.1. The monoisotopic (exact) mass is 430 g/mol. The fraction of sp³-hybridized carbons (Fsp3) is 0.611. The van der Waals surface area contributed by atoms with Crippen molar-refractivity contribution in [1.82, 2.24) is 10.6 Å². The van der Waals surface area contributed by atoms with E-state index in [0.29, 0.717) is 6.04 Å². The predicted molar refractivity (Wildman–Crippen MR) is 111 cm³/mol. The first-order chi connectivity index (χ1) is 10.8. The summed E-state index contributed by atoms with van der Waals surface area (Å²) in [5.41, 5.74) is 1.31. The molecule has 23 heavy (non-hydrogen) atoms. The molecule has 0 amide bonds. The number of hydrogen-bond acceptors (Lipinski definition) is 2. The number of guanidine groups is 1. The van der Waals surface area contributed by atoms with Gasteiger partial charge in [-0.3, -0.25) is 4.99 Å². The summed E-state index contributed by atoms with van der Waals surface area (Å²) in [5.74, 6) is 0.941. The SMILES string of the molecule is CCCCCCNC(=NC)NC1CCN(c2ccccc2)C1.I. The van der Waals surface area contributed by atoms with Gasteiger partial charge in [0.15, 0.2) is 5.96 Å². The highest BCUT2D eigenvalue weighted by Crippen LogP contribution is 2.19. The van der Waals surface area contributed by atoms with Crippen LogP contribution in [0.2, 0.25) is 0 Å². The zero-order valence-electron chi connectivity index (χ0n) is 14.4. The molecule has 5 heteroatoms. The molecule has 1 saturated heterocycles. The van der Waals surface area contributed by atoms with Crippen molar-refractivity contribution in [1.29, 1.82) is 0 Å². The molecule has 4 nitrogen and oxygen atoms in total. The number of aliphatic imine (C=N–C) groups is 1. The summed E-state index contributed by atoms with van der Waals surface area (Å²) in [4.78, 5) is 6.78. The summed E-state index contributed by atoms with van der Waals surface area (Å²) >= 11 is 0.